The van der Waals surface area contributed by atoms with E-state index in [1.807, 2.05) is 0 Å². The lowest BCUT2D eigenvalue weighted by molar-refractivity contribution is -0.164. The van der Waals surface area contributed by atoms with Crippen LogP contribution in [0.4, 0.5) is 13.2 Å². The average Bonchev–Trinajstić information content (AvgIpc) is 3.02. The van der Waals surface area contributed by atoms with Crippen molar-refractivity contribution >= 4 is 34.5 Å². The van der Waals surface area contributed by atoms with E-state index in [2.05, 4.69) is 15.8 Å². The Morgan fingerprint density at radius 3 is 2.39 bits per heavy atom. The maximum absolute atomic E-state index is 13.1. The van der Waals surface area contributed by atoms with Crippen molar-refractivity contribution < 1.29 is 32.0 Å². The minimum atomic E-state index is -5.23. The highest BCUT2D eigenvalue weighted by Gasteiger charge is 2.44. The molecule has 150 valence electrons. The minimum absolute atomic E-state index is 0.0182. The van der Waals surface area contributed by atoms with E-state index in [1.54, 1.807) is 13.0 Å². The molecule has 6 nitrogen and oxygen atoms in total. The first kappa shape index (κ1) is 23.0. The third kappa shape index (κ3) is 5.04. The van der Waals surface area contributed by atoms with Gasteiger partial charge < -0.3 is 14.2 Å². The molecule has 0 aliphatic carbocycles. The second-order valence-electron chi connectivity index (χ2n) is 5.43. The number of halogens is 4. The molecule has 1 aromatic rings. The number of carbonyl (C=O) groups is 2. The van der Waals surface area contributed by atoms with Gasteiger partial charge in [-0.2, -0.15) is 13.2 Å². The zero-order valence-electron chi connectivity index (χ0n) is 15.3. The molecule has 0 bridgehead atoms. The Kier molecular flexibility index (Phi) is 7.64. The predicted octanol–water partition coefficient (Wildman–Crippen LogP) is 3.65. The largest absolute Gasteiger partial charge is 0.465 e. The fourth-order valence-corrected chi connectivity index (χ4v) is 2.32. The lowest BCUT2D eigenvalue weighted by Crippen LogP contribution is -2.25. The first-order chi connectivity index (χ1) is 13.0. The van der Waals surface area contributed by atoms with Crippen molar-refractivity contribution in [1.29, 1.82) is 0 Å². The Morgan fingerprint density at radius 1 is 1.36 bits per heavy atom. The number of nitrogens with zero attached hydrogens (tertiary/aromatic N) is 2. The second kappa shape index (κ2) is 9.28. The Balaban J connectivity index is 3.89. The molecule has 0 atom stereocenters. The van der Waals surface area contributed by atoms with Gasteiger partial charge in [0.2, 0.25) is 0 Å². The van der Waals surface area contributed by atoms with Crippen LogP contribution in [0.25, 0.3) is 11.1 Å². The molecule has 0 saturated carbocycles. The van der Waals surface area contributed by atoms with Gasteiger partial charge >= 0.3 is 12.1 Å². The topological polar surface area (TPSA) is 72.6 Å². The Labute approximate surface area is 164 Å². The molecule has 0 aliphatic heterocycles. The molecular formula is C18H16ClF3N2O4. The van der Waals surface area contributed by atoms with E-state index in [0.717, 1.165) is 13.3 Å². The van der Waals surface area contributed by atoms with Crippen molar-refractivity contribution in [2.24, 2.45) is 0 Å². The Bertz CT molecular complexity index is 903. The normalized spacial score (nSPS) is 13.2. The van der Waals surface area contributed by atoms with Crippen molar-refractivity contribution in [2.45, 2.75) is 13.1 Å². The highest BCUT2D eigenvalue weighted by atomic mass is 35.5. The number of hydrogen-bond acceptors (Lipinski definition) is 6. The molecule has 0 aliphatic rings. The van der Waals surface area contributed by atoms with Crippen LogP contribution in [0.2, 0.25) is 0 Å². The number of esters is 1. The van der Waals surface area contributed by atoms with Crippen LogP contribution in [-0.4, -0.2) is 49.2 Å². The summed E-state index contributed by atoms with van der Waals surface area (Å²) in [5.74, 6) is -1.88. The highest BCUT2D eigenvalue weighted by Crippen LogP contribution is 2.34. The number of rotatable bonds is 6. The number of ketones is 1. The van der Waals surface area contributed by atoms with Crippen LogP contribution in [-0.2, 0) is 9.53 Å². The van der Waals surface area contributed by atoms with Gasteiger partial charge in [0.05, 0.1) is 23.3 Å². The molecule has 1 aromatic heterocycles. The van der Waals surface area contributed by atoms with E-state index < -0.39 is 34.8 Å². The molecule has 0 N–H and O–H groups in total. The predicted molar refractivity (Wildman–Crippen MR) is 97.0 cm³/mol. The van der Waals surface area contributed by atoms with Gasteiger partial charge in [0.1, 0.15) is 11.3 Å². The maximum atomic E-state index is 13.1. The molecule has 10 heteroatoms. The summed E-state index contributed by atoms with van der Waals surface area (Å²) in [5, 5.41) is 3.56. The maximum Gasteiger partial charge on any atom is 0.455 e. The lowest BCUT2D eigenvalue weighted by atomic mass is 10.00. The van der Waals surface area contributed by atoms with Crippen molar-refractivity contribution in [2.75, 3.05) is 21.2 Å². The zero-order chi connectivity index (χ0) is 21.6. The summed E-state index contributed by atoms with van der Waals surface area (Å²) in [6, 6.07) is 0. The summed E-state index contributed by atoms with van der Waals surface area (Å²) in [5.41, 5.74) is -1.95. The number of alkyl halides is 3. The van der Waals surface area contributed by atoms with Crippen molar-refractivity contribution in [1.82, 2.24) is 10.1 Å². The fraction of sp³-hybridized carbons (Fsp3) is 0.278. The van der Waals surface area contributed by atoms with E-state index >= 15 is 0 Å². The van der Waals surface area contributed by atoms with Crippen LogP contribution >= 0.6 is 11.6 Å². The summed E-state index contributed by atoms with van der Waals surface area (Å²) in [7, 11) is 3.76. The average molecular weight is 417 g/mol. The molecule has 1 heterocycles. The number of terminal acetylenes is 1. The van der Waals surface area contributed by atoms with Gasteiger partial charge in [0.15, 0.2) is 5.76 Å². The van der Waals surface area contributed by atoms with Gasteiger partial charge in [-0.1, -0.05) is 28.8 Å². The zero-order valence-corrected chi connectivity index (χ0v) is 16.1. The lowest BCUT2D eigenvalue weighted by Gasteiger charge is -2.12. The quantitative estimate of drug-likeness (QED) is 0.305. The summed E-state index contributed by atoms with van der Waals surface area (Å²) in [4.78, 5) is 25.3. The van der Waals surface area contributed by atoms with Crippen LogP contribution < -0.4 is 0 Å². The third-order valence-electron chi connectivity index (χ3n) is 3.15. The molecule has 0 unspecified atom stereocenters. The number of allylic oxidation sites excluding steroid dienone is 5. The van der Waals surface area contributed by atoms with Gasteiger partial charge in [-0.3, -0.25) is 4.79 Å². The number of ether oxygens (including phenoxy) is 1. The van der Waals surface area contributed by atoms with Gasteiger partial charge in [0, 0.05) is 20.3 Å². The standard InChI is InChI=1S/C18H16ClF3N2O4/c1-6-8-12(19)10(7-2)14-13(17(26)27-5)15(28-23-14)11(9-24(3)4)16(25)18(20,21)22/h2,6,8-9H,1,3-5H3/b8-6-,11-9-,12-10-. The van der Waals surface area contributed by atoms with Gasteiger partial charge in [0.25, 0.3) is 5.78 Å². The van der Waals surface area contributed by atoms with E-state index in [1.165, 1.54) is 25.1 Å². The van der Waals surface area contributed by atoms with Gasteiger partial charge in [-0.25, -0.2) is 4.79 Å². The van der Waals surface area contributed by atoms with Crippen LogP contribution in [0.5, 0.6) is 0 Å². The number of carbonyl (C=O) groups excluding carboxylic acids is 2. The summed E-state index contributed by atoms with van der Waals surface area (Å²) < 4.78 is 48.7. The van der Waals surface area contributed by atoms with Crippen molar-refractivity contribution in [3.63, 3.8) is 0 Å². The van der Waals surface area contributed by atoms with E-state index in [0.29, 0.717) is 0 Å². The highest BCUT2D eigenvalue weighted by molar-refractivity contribution is 6.35. The van der Waals surface area contributed by atoms with Crippen LogP contribution in [0.15, 0.2) is 27.9 Å². The van der Waals surface area contributed by atoms with Crippen LogP contribution in [0.3, 0.4) is 0 Å². The van der Waals surface area contributed by atoms with Crippen molar-refractivity contribution in [3.8, 4) is 12.3 Å². The first-order valence-electron chi connectivity index (χ1n) is 7.57. The summed E-state index contributed by atoms with van der Waals surface area (Å²) in [6.07, 6.45) is 3.97. The molecule has 0 radical (unpaired) electrons. The van der Waals surface area contributed by atoms with Gasteiger partial charge in [-0.15, -0.1) is 6.42 Å². The second-order valence-corrected chi connectivity index (χ2v) is 5.83. The molecular weight excluding hydrogens is 401 g/mol. The molecule has 0 spiro atoms. The fourth-order valence-electron chi connectivity index (χ4n) is 2.05. The first-order valence-corrected chi connectivity index (χ1v) is 7.94. The van der Waals surface area contributed by atoms with E-state index in [-0.39, 0.29) is 16.3 Å². The number of Topliss-reactive ketones (excluding diaryl/α,β-unsaturated/α-hetero) is 1. The van der Waals surface area contributed by atoms with E-state index in [9.17, 15) is 22.8 Å². The summed E-state index contributed by atoms with van der Waals surface area (Å²) in [6.45, 7) is 1.64. The molecule has 0 amide bonds. The molecule has 0 saturated heterocycles. The van der Waals surface area contributed by atoms with Crippen LogP contribution in [0.1, 0.15) is 28.7 Å². The van der Waals surface area contributed by atoms with Crippen molar-refractivity contribution in [3.05, 3.63) is 40.4 Å². The van der Waals surface area contributed by atoms with Gasteiger partial charge in [-0.05, 0) is 13.0 Å². The number of aromatic nitrogens is 1. The number of hydrogen-bond donors (Lipinski definition) is 0. The summed E-state index contributed by atoms with van der Waals surface area (Å²) >= 11 is 6.06. The van der Waals surface area contributed by atoms with E-state index in [4.69, 9.17) is 22.5 Å². The third-order valence-corrected chi connectivity index (χ3v) is 3.46. The monoisotopic (exact) mass is 416 g/mol. The van der Waals surface area contributed by atoms with Crippen LogP contribution in [0, 0.1) is 12.3 Å². The molecule has 0 aromatic carbocycles. The molecule has 0 fully saturated rings. The number of methoxy groups -OCH3 is 1. The molecule has 1 rings (SSSR count). The SMILES string of the molecule is C#C/C(=C(Cl)\C=C/C)c1noc(/C(=C/N(C)C)C(=O)C(F)(F)F)c1C(=O)OC. The smallest absolute Gasteiger partial charge is 0.455 e. The Morgan fingerprint density at radius 2 is 1.96 bits per heavy atom. The minimum Gasteiger partial charge on any atom is -0.465 e. The molecule has 28 heavy (non-hydrogen) atoms. The Hall–Kier alpha value is -2.99.